The Morgan fingerprint density at radius 1 is 1.15 bits per heavy atom. The Bertz CT molecular complexity index is 1540. The predicted molar refractivity (Wildman–Crippen MR) is 123 cm³/mol. The molecule has 34 heavy (non-hydrogen) atoms. The highest BCUT2D eigenvalue weighted by Crippen LogP contribution is 2.26. The van der Waals surface area contributed by atoms with Crippen LogP contribution in [0.15, 0.2) is 75.3 Å². The molecule has 0 N–H and O–H groups in total. The van der Waals surface area contributed by atoms with Crippen molar-refractivity contribution in [2.24, 2.45) is 0 Å². The molecule has 0 amide bonds. The second kappa shape index (κ2) is 8.91. The van der Waals surface area contributed by atoms with Crippen molar-refractivity contribution in [3.05, 3.63) is 93.7 Å². The Morgan fingerprint density at radius 3 is 2.71 bits per heavy atom. The monoisotopic (exact) mass is 477 g/mol. The average molecular weight is 477 g/mol. The van der Waals surface area contributed by atoms with Crippen molar-refractivity contribution < 1.29 is 23.1 Å². The standard InChI is InChI=1S/C24H16FN3O5S/c1-31-17-8-9-18-14(11-21(29)33-19(18)12-17)13-32-24(30)22-26-23(20-3-2-10-34-20)28(27-22)16-6-4-15(25)5-7-16/h2-12H,13H2,1H3. The van der Waals surface area contributed by atoms with Crippen LogP contribution < -0.4 is 10.4 Å². The van der Waals surface area contributed by atoms with Crippen LogP contribution in [0.1, 0.15) is 16.2 Å². The molecule has 0 saturated heterocycles. The van der Waals surface area contributed by atoms with Gasteiger partial charge in [0.15, 0.2) is 5.82 Å². The molecule has 5 aromatic rings. The van der Waals surface area contributed by atoms with Crippen molar-refractivity contribution in [1.82, 2.24) is 14.8 Å². The van der Waals surface area contributed by atoms with E-state index in [0.717, 1.165) is 4.88 Å². The van der Waals surface area contributed by atoms with Gasteiger partial charge in [0.05, 0.1) is 17.7 Å². The van der Waals surface area contributed by atoms with Gasteiger partial charge in [0, 0.05) is 23.1 Å². The number of nitrogens with zero attached hydrogens (tertiary/aromatic N) is 3. The van der Waals surface area contributed by atoms with Crippen LogP contribution in [0, 0.1) is 5.82 Å². The van der Waals surface area contributed by atoms with Gasteiger partial charge in [-0.2, -0.15) is 4.98 Å². The zero-order valence-electron chi connectivity index (χ0n) is 17.7. The van der Waals surface area contributed by atoms with Gasteiger partial charge in [-0.25, -0.2) is 18.7 Å². The summed E-state index contributed by atoms with van der Waals surface area (Å²) in [6.07, 6.45) is 0. The number of hydrogen-bond acceptors (Lipinski definition) is 8. The Kier molecular flexibility index (Phi) is 5.64. The maximum Gasteiger partial charge on any atom is 0.378 e. The molecule has 0 atom stereocenters. The molecule has 0 radical (unpaired) electrons. The second-order valence-electron chi connectivity index (χ2n) is 7.15. The van der Waals surface area contributed by atoms with Crippen molar-refractivity contribution in [2.45, 2.75) is 6.61 Å². The summed E-state index contributed by atoms with van der Waals surface area (Å²) in [5.74, 6) is -0.374. The van der Waals surface area contributed by atoms with Gasteiger partial charge < -0.3 is 13.9 Å². The zero-order valence-corrected chi connectivity index (χ0v) is 18.5. The molecule has 0 aliphatic rings. The molecular weight excluding hydrogens is 461 g/mol. The summed E-state index contributed by atoms with van der Waals surface area (Å²) in [4.78, 5) is 29.9. The normalized spacial score (nSPS) is 11.0. The molecule has 170 valence electrons. The lowest BCUT2D eigenvalue weighted by molar-refractivity contribution is 0.0459. The van der Waals surface area contributed by atoms with Gasteiger partial charge in [-0.15, -0.1) is 16.4 Å². The number of benzene rings is 2. The second-order valence-corrected chi connectivity index (χ2v) is 8.10. The van der Waals surface area contributed by atoms with E-state index >= 15 is 0 Å². The fraction of sp³-hybridized carbons (Fsp3) is 0.0833. The highest BCUT2D eigenvalue weighted by Gasteiger charge is 2.21. The van der Waals surface area contributed by atoms with Gasteiger partial charge in [-0.3, -0.25) is 0 Å². The van der Waals surface area contributed by atoms with Crippen LogP contribution in [-0.4, -0.2) is 27.8 Å². The highest BCUT2D eigenvalue weighted by atomic mass is 32.1. The fourth-order valence-electron chi connectivity index (χ4n) is 3.39. The third kappa shape index (κ3) is 4.18. The number of ether oxygens (including phenoxy) is 2. The summed E-state index contributed by atoms with van der Waals surface area (Å²) in [6, 6.07) is 15.7. The number of aromatic nitrogens is 3. The number of esters is 1. The predicted octanol–water partition coefficient (Wildman–Crippen LogP) is 4.61. The van der Waals surface area contributed by atoms with Crippen LogP contribution in [0.5, 0.6) is 5.75 Å². The van der Waals surface area contributed by atoms with Crippen LogP contribution in [0.25, 0.3) is 27.4 Å². The first-order valence-electron chi connectivity index (χ1n) is 10.1. The highest BCUT2D eigenvalue weighted by molar-refractivity contribution is 7.13. The lowest BCUT2D eigenvalue weighted by atomic mass is 10.1. The van der Waals surface area contributed by atoms with E-state index in [1.54, 1.807) is 30.3 Å². The molecule has 2 aromatic carbocycles. The van der Waals surface area contributed by atoms with E-state index in [1.807, 2.05) is 17.5 Å². The van der Waals surface area contributed by atoms with E-state index in [2.05, 4.69) is 10.1 Å². The van der Waals surface area contributed by atoms with Crippen LogP contribution in [0.2, 0.25) is 0 Å². The molecular formula is C24H16FN3O5S. The van der Waals surface area contributed by atoms with E-state index < -0.39 is 17.4 Å². The molecule has 0 aliphatic carbocycles. The number of carbonyl (C=O) groups excluding carboxylic acids is 1. The van der Waals surface area contributed by atoms with Gasteiger partial charge >= 0.3 is 11.6 Å². The number of methoxy groups -OCH3 is 1. The lowest BCUT2D eigenvalue weighted by Gasteiger charge is -2.07. The number of thiophene rings is 1. The van der Waals surface area contributed by atoms with Gasteiger partial charge in [0.25, 0.3) is 5.82 Å². The third-order valence-corrected chi connectivity index (χ3v) is 5.86. The topological polar surface area (TPSA) is 96.5 Å². The first-order chi connectivity index (χ1) is 16.5. The minimum atomic E-state index is -0.770. The van der Waals surface area contributed by atoms with Crippen molar-refractivity contribution in [2.75, 3.05) is 7.11 Å². The molecule has 0 saturated carbocycles. The molecule has 0 bridgehead atoms. The summed E-state index contributed by atoms with van der Waals surface area (Å²) >= 11 is 1.42. The Hall–Kier alpha value is -4.31. The van der Waals surface area contributed by atoms with Crippen molar-refractivity contribution in [3.63, 3.8) is 0 Å². The number of hydrogen-bond donors (Lipinski definition) is 0. The van der Waals surface area contributed by atoms with Crippen LogP contribution in [0.3, 0.4) is 0 Å². The molecule has 0 aliphatic heterocycles. The van der Waals surface area contributed by atoms with E-state index in [9.17, 15) is 14.0 Å². The first kappa shape index (κ1) is 21.5. The molecule has 0 spiro atoms. The van der Waals surface area contributed by atoms with E-state index in [1.165, 1.54) is 41.3 Å². The number of rotatable bonds is 6. The van der Waals surface area contributed by atoms with Gasteiger partial charge in [0.2, 0.25) is 0 Å². The zero-order chi connectivity index (χ0) is 23.7. The van der Waals surface area contributed by atoms with Gasteiger partial charge in [0.1, 0.15) is 23.8 Å². The van der Waals surface area contributed by atoms with E-state index in [4.69, 9.17) is 13.9 Å². The summed E-state index contributed by atoms with van der Waals surface area (Å²) in [5, 5.41) is 6.78. The van der Waals surface area contributed by atoms with Gasteiger partial charge in [-0.05, 0) is 47.8 Å². The van der Waals surface area contributed by atoms with Crippen molar-refractivity contribution in [3.8, 4) is 22.1 Å². The summed E-state index contributed by atoms with van der Waals surface area (Å²) in [5.41, 5.74) is 0.748. The van der Waals surface area contributed by atoms with Crippen molar-refractivity contribution in [1.29, 1.82) is 0 Å². The quantitative estimate of drug-likeness (QED) is 0.260. The molecule has 5 rings (SSSR count). The molecule has 0 fully saturated rings. The summed E-state index contributed by atoms with van der Waals surface area (Å²) < 4.78 is 30.7. The Labute approximate surface area is 195 Å². The van der Waals surface area contributed by atoms with Crippen molar-refractivity contribution >= 4 is 28.3 Å². The Morgan fingerprint density at radius 2 is 1.97 bits per heavy atom. The molecule has 8 nitrogen and oxygen atoms in total. The minimum Gasteiger partial charge on any atom is -0.497 e. The van der Waals surface area contributed by atoms with Crippen LogP contribution >= 0.6 is 11.3 Å². The van der Waals surface area contributed by atoms with E-state index in [0.29, 0.717) is 33.8 Å². The smallest absolute Gasteiger partial charge is 0.378 e. The van der Waals surface area contributed by atoms with Crippen LogP contribution in [-0.2, 0) is 11.3 Å². The minimum absolute atomic E-state index is 0.165. The van der Waals surface area contributed by atoms with Gasteiger partial charge in [-0.1, -0.05) is 6.07 Å². The number of carbonyl (C=O) groups is 1. The number of halogens is 1. The summed E-state index contributed by atoms with van der Waals surface area (Å²) in [7, 11) is 1.51. The third-order valence-electron chi connectivity index (χ3n) is 5.00. The SMILES string of the molecule is COc1ccc2c(COC(=O)c3nc(-c4cccs4)n(-c4ccc(F)cc4)n3)cc(=O)oc2c1. The van der Waals surface area contributed by atoms with Crippen LogP contribution in [0.4, 0.5) is 4.39 Å². The molecule has 10 heteroatoms. The fourth-order valence-corrected chi connectivity index (χ4v) is 4.09. The maximum atomic E-state index is 13.4. The largest absolute Gasteiger partial charge is 0.497 e. The molecule has 3 aromatic heterocycles. The summed E-state index contributed by atoms with van der Waals surface area (Å²) in [6.45, 7) is -0.188. The molecule has 0 unspecified atom stereocenters. The lowest BCUT2D eigenvalue weighted by Crippen LogP contribution is -2.10. The number of fused-ring (bicyclic) bond motifs is 1. The maximum absolute atomic E-state index is 13.4. The average Bonchev–Trinajstić information content (AvgIpc) is 3.52. The first-order valence-corrected chi connectivity index (χ1v) is 10.9. The molecule has 3 heterocycles. The van der Waals surface area contributed by atoms with E-state index in [-0.39, 0.29) is 12.4 Å². The Balaban J connectivity index is 1.45.